The van der Waals surface area contributed by atoms with E-state index in [1.165, 1.54) is 6.08 Å². The van der Waals surface area contributed by atoms with Crippen molar-refractivity contribution in [3.8, 4) is 0 Å². The van der Waals surface area contributed by atoms with Crippen molar-refractivity contribution in [3.63, 3.8) is 0 Å². The van der Waals surface area contributed by atoms with Crippen LogP contribution in [0, 0.1) is 0 Å². The van der Waals surface area contributed by atoms with Crippen LogP contribution in [-0.2, 0) is 9.59 Å². The van der Waals surface area contributed by atoms with Crippen LogP contribution < -0.4 is 21.7 Å². The van der Waals surface area contributed by atoms with Gasteiger partial charge in [0.25, 0.3) is 0 Å². The van der Waals surface area contributed by atoms with Gasteiger partial charge in [-0.15, -0.1) is 0 Å². The summed E-state index contributed by atoms with van der Waals surface area (Å²) < 4.78 is 0.668. The Bertz CT molecular complexity index is 739. The Balaban J connectivity index is 2.06. The lowest BCUT2D eigenvalue weighted by molar-refractivity contribution is -0.123. The van der Waals surface area contributed by atoms with E-state index in [-0.39, 0.29) is 18.5 Å². The third kappa shape index (κ3) is 5.28. The second-order valence-corrected chi connectivity index (χ2v) is 6.56. The number of hydrogen-bond acceptors (Lipinski definition) is 5. The van der Waals surface area contributed by atoms with E-state index in [0.717, 1.165) is 0 Å². The Morgan fingerprint density at radius 1 is 1.23 bits per heavy atom. The number of benzene rings is 1. The first-order valence-electron chi connectivity index (χ1n) is 7.73. The fraction of sp³-hybridized carbons (Fsp3) is 0.312. The molecule has 1 aliphatic carbocycles. The van der Waals surface area contributed by atoms with Crippen LogP contribution in [-0.4, -0.2) is 52.9 Å². The smallest absolute Gasteiger partial charge is 0.319 e. The van der Waals surface area contributed by atoms with Gasteiger partial charge >= 0.3 is 6.03 Å². The highest BCUT2D eigenvalue weighted by Crippen LogP contribution is 2.22. The Labute approximate surface area is 157 Å². The van der Waals surface area contributed by atoms with E-state index in [4.69, 9.17) is 5.73 Å². The van der Waals surface area contributed by atoms with Crippen molar-refractivity contribution in [1.29, 1.82) is 0 Å². The highest BCUT2D eigenvalue weighted by atomic mass is 79.9. The normalized spacial score (nSPS) is 22.1. The van der Waals surface area contributed by atoms with E-state index in [1.54, 1.807) is 24.3 Å². The van der Waals surface area contributed by atoms with Crippen LogP contribution in [0.2, 0.25) is 0 Å². The van der Waals surface area contributed by atoms with Gasteiger partial charge in [0.15, 0.2) is 0 Å². The standard InChI is InChI=1S/C16H19BrN4O5/c17-9-3-1-2-4-10(9)20-16(26)21-11-5-8(6-12(22)14(11)24)15(25)19-7-13(18)23/h1-5,11-12,14,22,24H,6-7H2,(H2,18,23)(H,19,25)(H2,20,21,26). The fourth-order valence-electron chi connectivity index (χ4n) is 2.42. The number of urea groups is 1. The zero-order valence-corrected chi connectivity index (χ0v) is 15.2. The SMILES string of the molecule is NC(=O)CNC(=O)C1=CC(NC(=O)Nc2ccccc2Br)C(O)C(O)C1. The van der Waals surface area contributed by atoms with E-state index >= 15 is 0 Å². The van der Waals surface area contributed by atoms with Crippen LogP contribution in [0.1, 0.15) is 6.42 Å². The van der Waals surface area contributed by atoms with Crippen molar-refractivity contribution in [3.05, 3.63) is 40.4 Å². The van der Waals surface area contributed by atoms with Crippen LogP contribution in [0.25, 0.3) is 0 Å². The van der Waals surface area contributed by atoms with Crippen LogP contribution in [0.5, 0.6) is 0 Å². The maximum Gasteiger partial charge on any atom is 0.319 e. The number of aliphatic hydroxyl groups is 2. The molecule has 140 valence electrons. The van der Waals surface area contributed by atoms with Crippen molar-refractivity contribution >= 4 is 39.5 Å². The summed E-state index contributed by atoms with van der Waals surface area (Å²) in [7, 11) is 0. The quantitative estimate of drug-likeness (QED) is 0.377. The van der Waals surface area contributed by atoms with Crippen molar-refractivity contribution in [1.82, 2.24) is 10.6 Å². The molecular formula is C16H19BrN4O5. The molecule has 2 rings (SSSR count). The van der Waals surface area contributed by atoms with Gasteiger partial charge in [0, 0.05) is 16.5 Å². The topological polar surface area (TPSA) is 154 Å². The molecule has 1 aliphatic rings. The molecule has 9 nitrogen and oxygen atoms in total. The summed E-state index contributed by atoms with van der Waals surface area (Å²) in [5, 5.41) is 27.4. The van der Waals surface area contributed by atoms with E-state index in [0.29, 0.717) is 10.2 Å². The predicted octanol–water partition coefficient (Wildman–Crippen LogP) is -0.407. The highest BCUT2D eigenvalue weighted by Gasteiger charge is 2.33. The zero-order valence-electron chi connectivity index (χ0n) is 13.6. The predicted molar refractivity (Wildman–Crippen MR) is 97.0 cm³/mol. The Hall–Kier alpha value is -2.43. The lowest BCUT2D eigenvalue weighted by atomic mass is 9.90. The molecule has 0 fully saturated rings. The molecule has 4 amide bonds. The number of carbonyl (C=O) groups is 3. The van der Waals surface area contributed by atoms with Gasteiger partial charge in [-0.3, -0.25) is 9.59 Å². The average molecular weight is 427 g/mol. The molecule has 0 saturated heterocycles. The van der Waals surface area contributed by atoms with Crippen molar-refractivity contribution in [2.75, 3.05) is 11.9 Å². The largest absolute Gasteiger partial charge is 0.390 e. The van der Waals surface area contributed by atoms with Crippen LogP contribution in [0.4, 0.5) is 10.5 Å². The van der Waals surface area contributed by atoms with Crippen LogP contribution >= 0.6 is 15.9 Å². The number of hydrogen-bond donors (Lipinski definition) is 6. The lowest BCUT2D eigenvalue weighted by Gasteiger charge is -2.31. The summed E-state index contributed by atoms with van der Waals surface area (Å²) >= 11 is 3.29. The summed E-state index contributed by atoms with van der Waals surface area (Å²) in [4.78, 5) is 34.9. The maximum atomic E-state index is 12.1. The first-order valence-corrected chi connectivity index (χ1v) is 8.52. The van der Waals surface area contributed by atoms with E-state index in [1.807, 2.05) is 0 Å². The molecule has 0 heterocycles. The number of nitrogens with two attached hydrogens (primary N) is 1. The minimum atomic E-state index is -1.28. The monoisotopic (exact) mass is 426 g/mol. The second-order valence-electron chi connectivity index (χ2n) is 5.71. The van der Waals surface area contributed by atoms with Crippen LogP contribution in [0.15, 0.2) is 40.4 Å². The Kier molecular flexibility index (Phi) is 6.72. The first kappa shape index (κ1) is 19.9. The van der Waals surface area contributed by atoms with Gasteiger partial charge in [0.1, 0.15) is 6.10 Å². The number of amides is 4. The summed E-state index contributed by atoms with van der Waals surface area (Å²) in [6.45, 7) is -0.352. The lowest BCUT2D eigenvalue weighted by Crippen LogP contribution is -2.52. The van der Waals surface area contributed by atoms with E-state index < -0.39 is 36.1 Å². The van der Waals surface area contributed by atoms with Crippen molar-refractivity contribution in [2.45, 2.75) is 24.7 Å². The molecule has 0 aromatic heterocycles. The second kappa shape index (κ2) is 8.79. The summed E-state index contributed by atoms with van der Waals surface area (Å²) in [6.07, 6.45) is -1.31. The number of carbonyl (C=O) groups excluding carboxylic acids is 3. The van der Waals surface area contributed by atoms with Gasteiger partial charge in [-0.25, -0.2) is 4.79 Å². The molecule has 1 aromatic rings. The molecule has 7 N–H and O–H groups in total. The summed E-state index contributed by atoms with van der Waals surface area (Å²) in [6, 6.07) is 5.33. The zero-order chi connectivity index (χ0) is 19.3. The number of aliphatic hydroxyl groups excluding tert-OH is 2. The van der Waals surface area contributed by atoms with Gasteiger partial charge in [-0.05, 0) is 28.1 Å². The number of nitrogens with one attached hydrogen (secondary N) is 3. The molecule has 1 aromatic carbocycles. The third-order valence-corrected chi connectivity index (χ3v) is 4.40. The van der Waals surface area contributed by atoms with Gasteiger partial charge in [-0.2, -0.15) is 0 Å². The van der Waals surface area contributed by atoms with Gasteiger partial charge in [0.2, 0.25) is 11.8 Å². The molecule has 0 radical (unpaired) electrons. The van der Waals surface area contributed by atoms with Gasteiger partial charge < -0.3 is 31.9 Å². The molecule has 0 bridgehead atoms. The highest BCUT2D eigenvalue weighted by molar-refractivity contribution is 9.10. The first-order chi connectivity index (χ1) is 12.3. The van der Waals surface area contributed by atoms with E-state index in [2.05, 4.69) is 31.9 Å². The molecular weight excluding hydrogens is 408 g/mol. The average Bonchev–Trinajstić information content (AvgIpc) is 2.58. The van der Waals surface area contributed by atoms with Gasteiger partial charge in [-0.1, -0.05) is 18.2 Å². The van der Waals surface area contributed by atoms with Crippen molar-refractivity contribution < 1.29 is 24.6 Å². The number of rotatable bonds is 5. The van der Waals surface area contributed by atoms with Crippen LogP contribution in [0.3, 0.4) is 0 Å². The van der Waals surface area contributed by atoms with Gasteiger partial charge in [0.05, 0.1) is 24.4 Å². The summed E-state index contributed by atoms with van der Waals surface area (Å²) in [5.41, 5.74) is 5.61. The molecule has 0 saturated carbocycles. The van der Waals surface area contributed by atoms with Crippen molar-refractivity contribution in [2.24, 2.45) is 5.73 Å². The molecule has 0 aliphatic heterocycles. The maximum absolute atomic E-state index is 12.1. The molecule has 10 heteroatoms. The number of anilines is 1. The molecule has 3 unspecified atom stereocenters. The van der Waals surface area contributed by atoms with E-state index in [9.17, 15) is 24.6 Å². The molecule has 26 heavy (non-hydrogen) atoms. The fourth-order valence-corrected chi connectivity index (χ4v) is 2.80. The third-order valence-electron chi connectivity index (χ3n) is 3.71. The Morgan fingerprint density at radius 3 is 2.58 bits per heavy atom. The molecule has 3 atom stereocenters. The number of para-hydroxylation sites is 1. The Morgan fingerprint density at radius 2 is 1.92 bits per heavy atom. The minimum Gasteiger partial charge on any atom is -0.390 e. The molecule has 0 spiro atoms. The number of primary amides is 1. The minimum absolute atomic E-state index is 0.115. The number of halogens is 1. The summed E-state index contributed by atoms with van der Waals surface area (Å²) in [5.74, 6) is -1.31.